The van der Waals surface area contributed by atoms with Crippen LogP contribution in [0.25, 0.3) is 0 Å². The van der Waals surface area contributed by atoms with Gasteiger partial charge >= 0.3 is 0 Å². The van der Waals surface area contributed by atoms with Crippen LogP contribution in [0.15, 0.2) is 53.5 Å². The second-order valence-electron chi connectivity index (χ2n) is 7.43. The molecule has 0 spiro atoms. The van der Waals surface area contributed by atoms with Crippen molar-refractivity contribution in [3.63, 3.8) is 0 Å². The predicted octanol–water partition coefficient (Wildman–Crippen LogP) is 3.24. The number of amides is 3. The van der Waals surface area contributed by atoms with Crippen molar-refractivity contribution in [2.75, 3.05) is 5.32 Å². The van der Waals surface area contributed by atoms with Gasteiger partial charge in [0, 0.05) is 17.2 Å². The highest BCUT2D eigenvalue weighted by atomic mass is 16.2. The van der Waals surface area contributed by atoms with Gasteiger partial charge in [0.05, 0.1) is 16.8 Å². The summed E-state index contributed by atoms with van der Waals surface area (Å²) in [5, 5.41) is 2.87. The number of anilines is 1. The maximum absolute atomic E-state index is 13.0. The Bertz CT molecular complexity index is 1000. The lowest BCUT2D eigenvalue weighted by Gasteiger charge is -2.22. The van der Waals surface area contributed by atoms with E-state index in [0.29, 0.717) is 16.8 Å². The molecule has 6 nitrogen and oxygen atoms in total. The number of hydrogen-bond donors (Lipinski definition) is 1. The lowest BCUT2D eigenvalue weighted by molar-refractivity contribution is -0.119. The number of carbonyl (C=O) groups excluding carboxylic acids is 3. The fourth-order valence-corrected chi connectivity index (χ4v) is 4.40. The maximum atomic E-state index is 13.0. The highest BCUT2D eigenvalue weighted by molar-refractivity contribution is 6.24. The Balaban J connectivity index is 1.62. The fraction of sp³-hybridized carbons (Fsp3) is 0.273. The fourth-order valence-electron chi connectivity index (χ4n) is 4.40. The number of benzodiazepines with no additional fused rings is 1. The Labute approximate surface area is 162 Å². The molecule has 5 rings (SSSR count). The second-order valence-corrected chi connectivity index (χ2v) is 7.43. The Hall–Kier alpha value is -3.28. The van der Waals surface area contributed by atoms with E-state index in [1.54, 1.807) is 24.3 Å². The van der Waals surface area contributed by atoms with Crippen molar-refractivity contribution in [1.82, 2.24) is 4.90 Å². The summed E-state index contributed by atoms with van der Waals surface area (Å²) >= 11 is 0. The zero-order chi connectivity index (χ0) is 19.3. The molecule has 0 radical (unpaired) electrons. The third kappa shape index (κ3) is 2.48. The Morgan fingerprint density at radius 2 is 1.39 bits per heavy atom. The maximum Gasteiger partial charge on any atom is 0.270 e. The number of para-hydroxylation sites is 1. The van der Waals surface area contributed by atoms with Crippen molar-refractivity contribution >= 4 is 29.1 Å². The van der Waals surface area contributed by atoms with Gasteiger partial charge in [-0.25, -0.2) is 4.90 Å². The van der Waals surface area contributed by atoms with Crippen LogP contribution in [0.4, 0.5) is 5.69 Å². The monoisotopic (exact) mass is 373 g/mol. The number of fused-ring (bicyclic) bond motifs is 2. The van der Waals surface area contributed by atoms with Gasteiger partial charge in [-0.3, -0.25) is 19.4 Å². The smallest absolute Gasteiger partial charge is 0.270 e. The molecule has 1 atom stereocenters. The topological polar surface area (TPSA) is 78.8 Å². The summed E-state index contributed by atoms with van der Waals surface area (Å²) in [6.45, 7) is 0. The van der Waals surface area contributed by atoms with E-state index in [2.05, 4.69) is 5.32 Å². The van der Waals surface area contributed by atoms with E-state index in [9.17, 15) is 14.4 Å². The van der Waals surface area contributed by atoms with E-state index >= 15 is 0 Å². The number of benzene rings is 2. The first-order chi connectivity index (χ1) is 13.6. The van der Waals surface area contributed by atoms with Crippen molar-refractivity contribution in [3.8, 4) is 0 Å². The number of nitrogens with one attached hydrogen (secondary N) is 1. The van der Waals surface area contributed by atoms with Gasteiger partial charge in [0.2, 0.25) is 6.17 Å². The molecule has 2 aromatic rings. The van der Waals surface area contributed by atoms with E-state index < -0.39 is 23.9 Å². The molecular formula is C22H19N3O3. The molecule has 1 unspecified atom stereocenters. The Morgan fingerprint density at radius 3 is 2.04 bits per heavy atom. The lowest BCUT2D eigenvalue weighted by atomic mass is 9.94. The lowest BCUT2D eigenvalue weighted by Crippen LogP contribution is -2.46. The van der Waals surface area contributed by atoms with Crippen LogP contribution in [0.3, 0.4) is 0 Å². The summed E-state index contributed by atoms with van der Waals surface area (Å²) < 4.78 is 0. The van der Waals surface area contributed by atoms with Crippen molar-refractivity contribution in [2.45, 2.75) is 31.8 Å². The summed E-state index contributed by atoms with van der Waals surface area (Å²) in [7, 11) is 0. The molecule has 2 heterocycles. The van der Waals surface area contributed by atoms with Crippen LogP contribution in [0.2, 0.25) is 0 Å². The van der Waals surface area contributed by atoms with Crippen molar-refractivity contribution in [3.05, 3.63) is 65.2 Å². The quantitative estimate of drug-likeness (QED) is 0.821. The second kappa shape index (κ2) is 6.41. The van der Waals surface area contributed by atoms with Crippen LogP contribution in [0.1, 0.15) is 52.0 Å². The third-order valence-electron chi connectivity index (χ3n) is 5.77. The zero-order valence-electron chi connectivity index (χ0n) is 15.2. The number of rotatable bonds is 2. The molecule has 1 aliphatic carbocycles. The van der Waals surface area contributed by atoms with Gasteiger partial charge in [-0.2, -0.15) is 0 Å². The Morgan fingerprint density at radius 1 is 0.821 bits per heavy atom. The molecule has 1 fully saturated rings. The standard InChI is InChI=1S/C22H19N3O3/c26-20-19(25-21(27)14-9-3-4-10-15(14)22(25)28)24-18(13-7-1-2-8-13)16-11-5-6-12-17(16)23-20/h3-6,9-13,19H,1-2,7-8H2,(H,23,26). The summed E-state index contributed by atoms with van der Waals surface area (Å²) in [5.41, 5.74) is 3.01. The third-order valence-corrected chi connectivity index (χ3v) is 5.77. The number of hydrogen-bond acceptors (Lipinski definition) is 4. The van der Waals surface area contributed by atoms with E-state index in [4.69, 9.17) is 4.99 Å². The number of aliphatic imine (C=N–C) groups is 1. The van der Waals surface area contributed by atoms with Gasteiger partial charge in [-0.15, -0.1) is 0 Å². The van der Waals surface area contributed by atoms with Crippen LogP contribution in [-0.2, 0) is 4.79 Å². The molecular weight excluding hydrogens is 354 g/mol. The highest BCUT2D eigenvalue weighted by Gasteiger charge is 2.44. The minimum absolute atomic E-state index is 0.228. The number of imide groups is 1. The average molecular weight is 373 g/mol. The summed E-state index contributed by atoms with van der Waals surface area (Å²) in [6, 6.07) is 14.2. The molecule has 3 amide bonds. The van der Waals surface area contributed by atoms with Crippen LogP contribution in [-0.4, -0.2) is 34.5 Å². The molecule has 140 valence electrons. The number of nitrogens with zero attached hydrogens (tertiary/aromatic N) is 2. The molecule has 6 heteroatoms. The first-order valence-corrected chi connectivity index (χ1v) is 9.60. The predicted molar refractivity (Wildman–Crippen MR) is 104 cm³/mol. The van der Waals surface area contributed by atoms with Gasteiger partial charge in [-0.1, -0.05) is 43.2 Å². The summed E-state index contributed by atoms with van der Waals surface area (Å²) in [6.07, 6.45) is 3.03. The zero-order valence-corrected chi connectivity index (χ0v) is 15.2. The molecule has 28 heavy (non-hydrogen) atoms. The highest BCUT2D eigenvalue weighted by Crippen LogP contribution is 2.34. The molecule has 0 aromatic heterocycles. The molecule has 1 saturated carbocycles. The van der Waals surface area contributed by atoms with E-state index in [1.807, 2.05) is 24.3 Å². The minimum atomic E-state index is -1.20. The molecule has 1 N–H and O–H groups in total. The van der Waals surface area contributed by atoms with Crippen LogP contribution in [0, 0.1) is 5.92 Å². The summed E-state index contributed by atoms with van der Waals surface area (Å²) in [5.74, 6) is -1.18. The summed E-state index contributed by atoms with van der Waals surface area (Å²) in [4.78, 5) is 44.6. The van der Waals surface area contributed by atoms with Crippen molar-refractivity contribution in [2.24, 2.45) is 10.9 Å². The first kappa shape index (κ1) is 16.9. The van der Waals surface area contributed by atoms with Crippen LogP contribution < -0.4 is 5.32 Å². The molecule has 0 saturated heterocycles. The van der Waals surface area contributed by atoms with E-state index in [1.165, 1.54) is 0 Å². The van der Waals surface area contributed by atoms with Gasteiger partial charge in [0.1, 0.15) is 0 Å². The van der Waals surface area contributed by atoms with Crippen LogP contribution >= 0.6 is 0 Å². The first-order valence-electron chi connectivity index (χ1n) is 9.60. The van der Waals surface area contributed by atoms with Crippen molar-refractivity contribution < 1.29 is 14.4 Å². The molecule has 3 aliphatic rings. The largest absolute Gasteiger partial charge is 0.322 e. The van der Waals surface area contributed by atoms with Gasteiger partial charge in [0.15, 0.2) is 0 Å². The average Bonchev–Trinajstić information content (AvgIpc) is 3.29. The van der Waals surface area contributed by atoms with Gasteiger partial charge < -0.3 is 5.32 Å². The normalized spacial score (nSPS) is 21.9. The van der Waals surface area contributed by atoms with E-state index in [-0.39, 0.29) is 5.92 Å². The van der Waals surface area contributed by atoms with Gasteiger partial charge in [0.25, 0.3) is 17.7 Å². The number of carbonyl (C=O) groups is 3. The molecule has 0 bridgehead atoms. The Kier molecular flexibility index (Phi) is 3.86. The SMILES string of the molecule is O=C1Nc2ccccc2C(C2CCCC2)=NC1N1C(=O)c2ccccc2C1=O. The minimum Gasteiger partial charge on any atom is -0.322 e. The van der Waals surface area contributed by atoms with Gasteiger partial charge in [-0.05, 0) is 31.0 Å². The molecule has 2 aliphatic heterocycles. The van der Waals surface area contributed by atoms with Crippen molar-refractivity contribution in [1.29, 1.82) is 0 Å². The van der Waals surface area contributed by atoms with Crippen LogP contribution in [0.5, 0.6) is 0 Å². The molecule has 2 aromatic carbocycles. The van der Waals surface area contributed by atoms with E-state index in [0.717, 1.165) is 41.9 Å².